The molecule has 92 valence electrons. The van der Waals surface area contributed by atoms with Gasteiger partial charge in [0.05, 0.1) is 9.89 Å². The number of halogens is 1. The van der Waals surface area contributed by atoms with Gasteiger partial charge in [0.2, 0.25) is 0 Å². The zero-order valence-electron chi connectivity index (χ0n) is 10.1. The minimum Gasteiger partial charge on any atom is -0.393 e. The van der Waals surface area contributed by atoms with Gasteiger partial charge in [-0.1, -0.05) is 13.8 Å². The average Bonchev–Trinajstić information content (AvgIpc) is 2.48. The Bertz CT molecular complexity index is 323. The van der Waals surface area contributed by atoms with Gasteiger partial charge in [-0.05, 0) is 46.8 Å². The first kappa shape index (κ1) is 14.2. The van der Waals surface area contributed by atoms with Crippen LogP contribution in [0.3, 0.4) is 0 Å². The van der Waals surface area contributed by atoms with Crippen LogP contribution in [0.25, 0.3) is 0 Å². The first-order chi connectivity index (χ1) is 7.39. The molecule has 0 bridgehead atoms. The molecule has 0 amide bonds. The first-order valence-electron chi connectivity index (χ1n) is 5.52. The van der Waals surface area contributed by atoms with Crippen LogP contribution in [0, 0.1) is 5.41 Å². The average molecular weight is 306 g/mol. The Kier molecular flexibility index (Phi) is 5.44. The van der Waals surface area contributed by atoms with Crippen molar-refractivity contribution in [2.24, 2.45) is 5.41 Å². The summed E-state index contributed by atoms with van der Waals surface area (Å²) in [6.45, 7) is 8.03. The zero-order chi connectivity index (χ0) is 12.2. The molecule has 1 aromatic rings. The number of nitrogens with one attached hydrogen (secondary N) is 1. The number of thiophene rings is 1. The van der Waals surface area contributed by atoms with Crippen molar-refractivity contribution >= 4 is 27.3 Å². The second-order valence-corrected chi connectivity index (χ2v) is 7.57. The van der Waals surface area contributed by atoms with Crippen LogP contribution < -0.4 is 5.32 Å². The minimum atomic E-state index is -0.229. The summed E-state index contributed by atoms with van der Waals surface area (Å²) in [5.74, 6) is 0. The van der Waals surface area contributed by atoms with Gasteiger partial charge in [0.15, 0.2) is 0 Å². The van der Waals surface area contributed by atoms with Crippen molar-refractivity contribution < 1.29 is 5.11 Å². The summed E-state index contributed by atoms with van der Waals surface area (Å²) in [6, 6.07) is 4.20. The molecular weight excluding hydrogens is 286 g/mol. The van der Waals surface area contributed by atoms with Crippen LogP contribution in [0.5, 0.6) is 0 Å². The van der Waals surface area contributed by atoms with Gasteiger partial charge >= 0.3 is 0 Å². The van der Waals surface area contributed by atoms with Crippen molar-refractivity contribution in [3.8, 4) is 0 Å². The van der Waals surface area contributed by atoms with Crippen molar-refractivity contribution in [1.82, 2.24) is 5.32 Å². The number of rotatable bonds is 6. The fourth-order valence-corrected chi connectivity index (χ4v) is 3.30. The lowest BCUT2D eigenvalue weighted by atomic mass is 9.87. The predicted molar refractivity (Wildman–Crippen MR) is 73.8 cm³/mol. The van der Waals surface area contributed by atoms with Crippen molar-refractivity contribution in [1.29, 1.82) is 0 Å². The highest BCUT2D eigenvalue weighted by Crippen LogP contribution is 2.23. The summed E-state index contributed by atoms with van der Waals surface area (Å²) in [5.41, 5.74) is 0.142. The molecule has 1 aromatic heterocycles. The third-order valence-corrected chi connectivity index (χ3v) is 4.00. The predicted octanol–water partition coefficient (Wildman–Crippen LogP) is 3.40. The van der Waals surface area contributed by atoms with E-state index in [-0.39, 0.29) is 11.5 Å². The topological polar surface area (TPSA) is 32.3 Å². The van der Waals surface area contributed by atoms with E-state index in [0.29, 0.717) is 0 Å². The molecule has 0 fully saturated rings. The van der Waals surface area contributed by atoms with Gasteiger partial charge in [-0.15, -0.1) is 11.3 Å². The van der Waals surface area contributed by atoms with E-state index in [1.165, 1.54) is 8.66 Å². The summed E-state index contributed by atoms with van der Waals surface area (Å²) in [6.07, 6.45) is 0.599. The van der Waals surface area contributed by atoms with Gasteiger partial charge in [0, 0.05) is 18.0 Å². The van der Waals surface area contributed by atoms with Crippen LogP contribution in [0.15, 0.2) is 15.9 Å². The third-order valence-electron chi connectivity index (χ3n) is 2.38. The second-order valence-electron chi connectivity index (χ2n) is 5.03. The lowest BCUT2D eigenvalue weighted by molar-refractivity contribution is 0.128. The van der Waals surface area contributed by atoms with Gasteiger partial charge in [-0.3, -0.25) is 0 Å². The molecular formula is C12H20BrNOS. The summed E-state index contributed by atoms with van der Waals surface area (Å²) in [5, 5.41) is 12.8. The van der Waals surface area contributed by atoms with E-state index in [1.54, 1.807) is 11.3 Å². The molecule has 1 rings (SSSR count). The maximum absolute atomic E-state index is 9.38. The Morgan fingerprint density at radius 1 is 1.50 bits per heavy atom. The van der Waals surface area contributed by atoms with Crippen molar-refractivity contribution in [2.75, 3.05) is 6.54 Å². The molecule has 0 saturated heterocycles. The molecule has 2 nitrogen and oxygen atoms in total. The monoisotopic (exact) mass is 305 g/mol. The zero-order valence-corrected chi connectivity index (χ0v) is 12.5. The fourth-order valence-electron chi connectivity index (χ4n) is 1.84. The van der Waals surface area contributed by atoms with Gasteiger partial charge in [-0.2, -0.15) is 0 Å². The van der Waals surface area contributed by atoms with Crippen molar-refractivity contribution in [2.45, 2.75) is 39.8 Å². The summed E-state index contributed by atoms with van der Waals surface area (Å²) in [4.78, 5) is 1.33. The second kappa shape index (κ2) is 6.15. The van der Waals surface area contributed by atoms with Gasteiger partial charge < -0.3 is 10.4 Å². The maximum atomic E-state index is 9.38. The van der Waals surface area contributed by atoms with Crippen LogP contribution in [0.4, 0.5) is 0 Å². The standard InChI is InChI=1S/C12H20BrNOS/c1-9(15)6-12(2,3)8-14-7-10-4-5-11(13)16-10/h4-5,9,14-15H,6-8H2,1-3H3. The van der Waals surface area contributed by atoms with Crippen molar-refractivity contribution in [3.05, 3.63) is 20.8 Å². The normalized spacial score (nSPS) is 14.1. The molecule has 0 aliphatic carbocycles. The Morgan fingerprint density at radius 2 is 2.19 bits per heavy atom. The quantitative estimate of drug-likeness (QED) is 0.844. The number of aliphatic hydroxyl groups excluding tert-OH is 1. The van der Waals surface area contributed by atoms with Crippen LogP contribution in [-0.4, -0.2) is 17.8 Å². The third kappa shape index (κ3) is 5.43. The van der Waals surface area contributed by atoms with Crippen LogP contribution >= 0.6 is 27.3 Å². The molecule has 1 atom stereocenters. The Morgan fingerprint density at radius 3 is 2.69 bits per heavy atom. The fraction of sp³-hybridized carbons (Fsp3) is 0.667. The molecule has 1 heterocycles. The molecule has 0 radical (unpaired) electrons. The Labute approximate surface area is 110 Å². The van der Waals surface area contributed by atoms with E-state index in [2.05, 4.69) is 47.2 Å². The summed E-state index contributed by atoms with van der Waals surface area (Å²) in [7, 11) is 0. The van der Waals surface area contributed by atoms with Crippen molar-refractivity contribution in [3.63, 3.8) is 0 Å². The molecule has 2 N–H and O–H groups in total. The number of hydrogen-bond acceptors (Lipinski definition) is 3. The molecule has 0 saturated carbocycles. The SMILES string of the molecule is CC(O)CC(C)(C)CNCc1ccc(Br)s1. The molecule has 0 spiro atoms. The van der Waals surface area contributed by atoms with Crippen LogP contribution in [0.1, 0.15) is 32.1 Å². The number of hydrogen-bond donors (Lipinski definition) is 2. The molecule has 1 unspecified atom stereocenters. The van der Waals surface area contributed by atoms with Crippen LogP contribution in [0.2, 0.25) is 0 Å². The first-order valence-corrected chi connectivity index (χ1v) is 7.13. The van der Waals surface area contributed by atoms with Gasteiger partial charge in [0.25, 0.3) is 0 Å². The number of aliphatic hydroxyl groups is 1. The summed E-state index contributed by atoms with van der Waals surface area (Å²) >= 11 is 5.21. The molecule has 0 aliphatic rings. The largest absolute Gasteiger partial charge is 0.393 e. The highest BCUT2D eigenvalue weighted by Gasteiger charge is 2.19. The minimum absolute atomic E-state index is 0.142. The van der Waals surface area contributed by atoms with Crippen LogP contribution in [-0.2, 0) is 6.54 Å². The van der Waals surface area contributed by atoms with E-state index in [0.717, 1.165) is 19.5 Å². The Hall–Kier alpha value is 0.1000. The smallest absolute Gasteiger partial charge is 0.0701 e. The van der Waals surface area contributed by atoms with Gasteiger partial charge in [0.1, 0.15) is 0 Å². The lowest BCUT2D eigenvalue weighted by Gasteiger charge is -2.26. The molecule has 0 aliphatic heterocycles. The highest BCUT2D eigenvalue weighted by molar-refractivity contribution is 9.11. The molecule has 4 heteroatoms. The lowest BCUT2D eigenvalue weighted by Crippen LogP contribution is -2.31. The van der Waals surface area contributed by atoms with E-state index in [4.69, 9.17) is 0 Å². The van der Waals surface area contributed by atoms with E-state index < -0.39 is 0 Å². The highest BCUT2D eigenvalue weighted by atomic mass is 79.9. The van der Waals surface area contributed by atoms with E-state index in [9.17, 15) is 5.11 Å². The van der Waals surface area contributed by atoms with E-state index in [1.807, 2.05) is 6.92 Å². The van der Waals surface area contributed by atoms with Gasteiger partial charge in [-0.25, -0.2) is 0 Å². The maximum Gasteiger partial charge on any atom is 0.0701 e. The Balaban J connectivity index is 2.29. The summed E-state index contributed by atoms with van der Waals surface area (Å²) < 4.78 is 1.17. The molecule has 16 heavy (non-hydrogen) atoms. The van der Waals surface area contributed by atoms with E-state index >= 15 is 0 Å². The molecule has 0 aromatic carbocycles.